The molecule has 1 amide bonds. The molecule has 30 heavy (non-hydrogen) atoms. The van der Waals surface area contributed by atoms with Gasteiger partial charge in [0, 0.05) is 30.7 Å². The molecule has 0 aliphatic rings. The highest BCUT2D eigenvalue weighted by Crippen LogP contribution is 2.27. The lowest BCUT2D eigenvalue weighted by Gasteiger charge is -2.11. The molecule has 154 valence electrons. The number of carbonyl (C=O) groups is 1. The van der Waals surface area contributed by atoms with Crippen LogP contribution in [0.4, 0.5) is 0 Å². The van der Waals surface area contributed by atoms with Crippen molar-refractivity contribution in [2.75, 3.05) is 14.2 Å². The molecule has 8 nitrogen and oxygen atoms in total. The van der Waals surface area contributed by atoms with E-state index in [1.807, 2.05) is 53.2 Å². The number of methoxy groups -OCH3 is 2. The first-order valence-corrected chi connectivity index (χ1v) is 9.44. The molecule has 4 rings (SSSR count). The highest BCUT2D eigenvalue weighted by molar-refractivity contribution is 5.86. The quantitative estimate of drug-likeness (QED) is 0.506. The topological polar surface area (TPSA) is 91.4 Å². The first-order chi connectivity index (χ1) is 14.6. The van der Waals surface area contributed by atoms with Gasteiger partial charge in [0.05, 0.1) is 14.2 Å². The van der Waals surface area contributed by atoms with Crippen molar-refractivity contribution in [2.45, 2.75) is 20.0 Å². The van der Waals surface area contributed by atoms with Gasteiger partial charge >= 0.3 is 0 Å². The van der Waals surface area contributed by atoms with Crippen LogP contribution in [0.5, 0.6) is 11.5 Å². The lowest BCUT2D eigenvalue weighted by Crippen LogP contribution is -2.26. The molecule has 0 aliphatic heterocycles. The number of ether oxygens (including phenoxy) is 2. The van der Waals surface area contributed by atoms with Crippen LogP contribution in [0.1, 0.15) is 11.5 Å². The van der Waals surface area contributed by atoms with Crippen molar-refractivity contribution < 1.29 is 18.7 Å². The number of carbonyl (C=O) groups excluding carboxylic acids is 1. The van der Waals surface area contributed by atoms with Gasteiger partial charge in [0.2, 0.25) is 17.7 Å². The van der Waals surface area contributed by atoms with Gasteiger partial charge in [-0.15, -0.1) is 10.2 Å². The Bertz CT molecular complexity index is 1200. The van der Waals surface area contributed by atoms with E-state index in [0.717, 1.165) is 22.0 Å². The van der Waals surface area contributed by atoms with Crippen molar-refractivity contribution in [3.05, 3.63) is 60.1 Å². The van der Waals surface area contributed by atoms with Crippen LogP contribution in [-0.4, -0.2) is 34.9 Å². The molecule has 1 N–H and O–H groups in total. The summed E-state index contributed by atoms with van der Waals surface area (Å²) in [5.41, 5.74) is 2.66. The summed E-state index contributed by atoms with van der Waals surface area (Å²) in [6.07, 6.45) is 1.89. The first-order valence-electron chi connectivity index (χ1n) is 9.44. The van der Waals surface area contributed by atoms with Crippen molar-refractivity contribution in [2.24, 2.45) is 0 Å². The molecule has 0 radical (unpaired) electrons. The molecule has 0 unspecified atom stereocenters. The van der Waals surface area contributed by atoms with E-state index >= 15 is 0 Å². The summed E-state index contributed by atoms with van der Waals surface area (Å²) in [4.78, 5) is 12.5. The minimum atomic E-state index is -0.0960. The second-order valence-electron chi connectivity index (χ2n) is 6.81. The normalized spacial score (nSPS) is 10.9. The summed E-state index contributed by atoms with van der Waals surface area (Å²) >= 11 is 0. The van der Waals surface area contributed by atoms with Crippen LogP contribution in [0.15, 0.2) is 53.1 Å². The smallest absolute Gasteiger partial charge is 0.247 e. The number of amides is 1. The molecule has 2 aromatic heterocycles. The van der Waals surface area contributed by atoms with Gasteiger partial charge < -0.3 is 23.8 Å². The minimum Gasteiger partial charge on any atom is -0.493 e. The lowest BCUT2D eigenvalue weighted by atomic mass is 10.1. The van der Waals surface area contributed by atoms with E-state index in [0.29, 0.717) is 29.8 Å². The van der Waals surface area contributed by atoms with Crippen LogP contribution in [0, 0.1) is 6.92 Å². The second kappa shape index (κ2) is 8.28. The van der Waals surface area contributed by atoms with E-state index < -0.39 is 0 Å². The van der Waals surface area contributed by atoms with Crippen LogP contribution in [0.25, 0.3) is 22.4 Å². The zero-order chi connectivity index (χ0) is 21.1. The highest BCUT2D eigenvalue weighted by atomic mass is 16.5. The largest absolute Gasteiger partial charge is 0.493 e. The van der Waals surface area contributed by atoms with Gasteiger partial charge in [-0.2, -0.15) is 0 Å². The van der Waals surface area contributed by atoms with Gasteiger partial charge in [-0.25, -0.2) is 0 Å². The van der Waals surface area contributed by atoms with Gasteiger partial charge in [0.25, 0.3) is 0 Å². The number of nitrogens with zero attached hydrogens (tertiary/aromatic N) is 3. The zero-order valence-corrected chi connectivity index (χ0v) is 17.0. The van der Waals surface area contributed by atoms with Crippen molar-refractivity contribution in [1.82, 2.24) is 20.1 Å². The molecule has 4 aromatic rings. The third-order valence-electron chi connectivity index (χ3n) is 4.80. The number of rotatable bonds is 7. The first kappa shape index (κ1) is 19.5. The number of nitrogens with one attached hydrogen (secondary N) is 1. The molecule has 0 spiro atoms. The maximum atomic E-state index is 12.5. The Hall–Kier alpha value is -3.81. The molecule has 2 aromatic carbocycles. The number of benzene rings is 2. The summed E-state index contributed by atoms with van der Waals surface area (Å²) in [7, 11) is 3.17. The lowest BCUT2D eigenvalue weighted by molar-refractivity contribution is -0.121. The molecule has 0 saturated heterocycles. The van der Waals surface area contributed by atoms with Gasteiger partial charge in [-0.05, 0) is 41.3 Å². The van der Waals surface area contributed by atoms with E-state index in [2.05, 4.69) is 15.5 Å². The molecular formula is C22H22N4O4. The predicted molar refractivity (Wildman–Crippen MR) is 111 cm³/mol. The van der Waals surface area contributed by atoms with E-state index in [4.69, 9.17) is 13.9 Å². The molecule has 0 aliphatic carbocycles. The van der Waals surface area contributed by atoms with E-state index in [9.17, 15) is 4.79 Å². The third-order valence-corrected chi connectivity index (χ3v) is 4.80. The van der Waals surface area contributed by atoms with Crippen LogP contribution in [0.2, 0.25) is 0 Å². The second-order valence-corrected chi connectivity index (χ2v) is 6.81. The molecule has 0 fully saturated rings. The maximum absolute atomic E-state index is 12.5. The molecule has 2 heterocycles. The Morgan fingerprint density at radius 2 is 1.90 bits per heavy atom. The average molecular weight is 406 g/mol. The van der Waals surface area contributed by atoms with Crippen LogP contribution < -0.4 is 14.8 Å². The fraction of sp³-hybridized carbons (Fsp3) is 0.227. The van der Waals surface area contributed by atoms with Crippen LogP contribution >= 0.6 is 0 Å². The Labute approximate surface area is 173 Å². The zero-order valence-electron chi connectivity index (χ0n) is 17.0. The number of aromatic nitrogens is 3. The van der Waals surface area contributed by atoms with Crippen molar-refractivity contribution >= 4 is 16.8 Å². The molecule has 0 bridgehead atoms. The number of fused-ring (bicyclic) bond motifs is 1. The van der Waals surface area contributed by atoms with Gasteiger partial charge in [0.1, 0.15) is 6.54 Å². The van der Waals surface area contributed by atoms with Gasteiger partial charge in [-0.3, -0.25) is 4.79 Å². The maximum Gasteiger partial charge on any atom is 0.247 e. The van der Waals surface area contributed by atoms with Gasteiger partial charge in [0.15, 0.2) is 11.5 Å². The third kappa shape index (κ3) is 3.98. The van der Waals surface area contributed by atoms with Crippen LogP contribution in [-0.2, 0) is 17.9 Å². The fourth-order valence-electron chi connectivity index (χ4n) is 3.27. The summed E-state index contributed by atoms with van der Waals surface area (Å²) < 4.78 is 18.0. The van der Waals surface area contributed by atoms with E-state index in [1.54, 1.807) is 21.1 Å². The Morgan fingerprint density at radius 3 is 2.63 bits per heavy atom. The minimum absolute atomic E-state index is 0.0960. The molecular weight excluding hydrogens is 384 g/mol. The van der Waals surface area contributed by atoms with Crippen molar-refractivity contribution in [3.63, 3.8) is 0 Å². The van der Waals surface area contributed by atoms with Crippen molar-refractivity contribution in [3.8, 4) is 23.0 Å². The number of hydrogen-bond donors (Lipinski definition) is 1. The van der Waals surface area contributed by atoms with E-state index in [-0.39, 0.29) is 12.5 Å². The van der Waals surface area contributed by atoms with Gasteiger partial charge in [-0.1, -0.05) is 12.1 Å². The predicted octanol–water partition coefficient (Wildman–Crippen LogP) is 3.33. The van der Waals surface area contributed by atoms with E-state index in [1.165, 1.54) is 0 Å². The molecule has 8 heteroatoms. The monoisotopic (exact) mass is 406 g/mol. The van der Waals surface area contributed by atoms with Crippen molar-refractivity contribution in [1.29, 1.82) is 0 Å². The van der Waals surface area contributed by atoms with Crippen LogP contribution in [0.3, 0.4) is 0 Å². The SMILES string of the molecule is COc1ccc(CNC(=O)Cn2ccc3ccc(-c4nnc(C)o4)cc32)cc1OC. The fourth-order valence-corrected chi connectivity index (χ4v) is 3.27. The number of aryl methyl sites for hydroxylation is 1. The number of hydrogen-bond acceptors (Lipinski definition) is 6. The average Bonchev–Trinajstić information content (AvgIpc) is 3.38. The Kier molecular flexibility index (Phi) is 5.38. The summed E-state index contributed by atoms with van der Waals surface area (Å²) in [6, 6.07) is 13.4. The Balaban J connectivity index is 1.46. The summed E-state index contributed by atoms with van der Waals surface area (Å²) in [6.45, 7) is 2.34. The standard InChI is InChI=1S/C22H22N4O4/c1-14-24-25-22(30-14)17-6-5-16-8-9-26(18(16)11-17)13-21(27)23-12-15-4-7-19(28-2)20(10-15)29-3/h4-11H,12-13H2,1-3H3,(H,23,27). The molecule has 0 atom stereocenters. The Morgan fingerprint density at radius 1 is 1.07 bits per heavy atom. The highest BCUT2D eigenvalue weighted by Gasteiger charge is 2.11. The molecule has 0 saturated carbocycles. The summed E-state index contributed by atoms with van der Waals surface area (Å²) in [5.74, 6) is 2.15. The summed E-state index contributed by atoms with van der Waals surface area (Å²) in [5, 5.41) is 11.9.